The summed E-state index contributed by atoms with van der Waals surface area (Å²) in [4.78, 5) is 30.9. The number of thiophene rings is 1. The fraction of sp³-hybridized carbons (Fsp3) is 0.500. The Labute approximate surface area is 188 Å². The van der Waals surface area contributed by atoms with E-state index >= 15 is 0 Å². The van der Waals surface area contributed by atoms with Gasteiger partial charge in [-0.1, -0.05) is 29.8 Å². The van der Waals surface area contributed by atoms with Gasteiger partial charge in [-0.2, -0.15) is 0 Å². The fourth-order valence-corrected chi connectivity index (χ4v) is 5.69. The number of piperazine rings is 1. The molecule has 0 saturated carbocycles. The second kappa shape index (κ2) is 9.94. The van der Waals surface area contributed by atoms with Crippen LogP contribution in [0.2, 0.25) is 0 Å². The molecule has 4 rings (SSSR count). The van der Waals surface area contributed by atoms with E-state index in [1.54, 1.807) is 0 Å². The first-order valence-corrected chi connectivity index (χ1v) is 11.9. The van der Waals surface area contributed by atoms with Crippen molar-refractivity contribution in [3.63, 3.8) is 0 Å². The molecule has 1 aliphatic carbocycles. The summed E-state index contributed by atoms with van der Waals surface area (Å²) in [5.74, 6) is -0.407. The molecular formula is C24H31N3O3S. The highest BCUT2D eigenvalue weighted by molar-refractivity contribution is 7.17. The Morgan fingerprint density at radius 1 is 1.03 bits per heavy atom. The van der Waals surface area contributed by atoms with Gasteiger partial charge in [-0.25, -0.2) is 4.79 Å². The number of nitrogens with one attached hydrogen (secondary N) is 1. The van der Waals surface area contributed by atoms with Gasteiger partial charge in [0.25, 0.3) is 0 Å². The third-order valence-corrected chi connectivity index (χ3v) is 7.38. The number of carbonyl (C=O) groups is 2. The lowest BCUT2D eigenvalue weighted by Gasteiger charge is -2.34. The minimum absolute atomic E-state index is 0.0595. The zero-order valence-electron chi connectivity index (χ0n) is 18.4. The Hall–Kier alpha value is -2.22. The second-order valence-corrected chi connectivity index (χ2v) is 9.60. The number of rotatable bonds is 6. The number of nitrogens with zero attached hydrogens (tertiary/aromatic N) is 2. The lowest BCUT2D eigenvalue weighted by atomic mass is 9.95. The second-order valence-electron chi connectivity index (χ2n) is 8.49. The predicted octanol–water partition coefficient (Wildman–Crippen LogP) is 3.48. The minimum Gasteiger partial charge on any atom is -0.465 e. The number of carbonyl (C=O) groups excluding carboxylic acids is 2. The van der Waals surface area contributed by atoms with Crippen LogP contribution in [0.4, 0.5) is 5.00 Å². The number of amides is 1. The Balaban J connectivity index is 1.31. The molecule has 2 aromatic rings. The maximum atomic E-state index is 12.7. The summed E-state index contributed by atoms with van der Waals surface area (Å²) in [6, 6.07) is 8.69. The SMILES string of the molecule is COC(=O)c1c(NC(=O)CN2CCN(Cc3ccc(C)cc3)CC2)sc2c1CCCC2. The standard InChI is InChI=1S/C24H31N3O3S/c1-17-7-9-18(10-8-17)15-26-11-13-27(14-12-26)16-21(28)25-23-22(24(29)30-2)19-5-3-4-6-20(19)31-23/h7-10H,3-6,11-16H2,1-2H3,(H,25,28). The average molecular weight is 442 g/mol. The van der Waals surface area contributed by atoms with E-state index in [-0.39, 0.29) is 11.9 Å². The largest absolute Gasteiger partial charge is 0.465 e. The molecule has 1 fully saturated rings. The smallest absolute Gasteiger partial charge is 0.341 e. The number of benzene rings is 1. The van der Waals surface area contributed by atoms with E-state index in [1.165, 1.54) is 34.5 Å². The van der Waals surface area contributed by atoms with E-state index in [1.807, 2.05) is 0 Å². The van der Waals surface area contributed by atoms with Crippen LogP contribution in [-0.4, -0.2) is 61.5 Å². The quantitative estimate of drug-likeness (QED) is 0.696. The van der Waals surface area contributed by atoms with Crippen molar-refractivity contribution >= 4 is 28.2 Å². The van der Waals surface area contributed by atoms with Crippen molar-refractivity contribution in [2.24, 2.45) is 0 Å². The van der Waals surface area contributed by atoms with Crippen LogP contribution in [0.1, 0.15) is 44.8 Å². The van der Waals surface area contributed by atoms with Crippen LogP contribution in [0.15, 0.2) is 24.3 Å². The van der Waals surface area contributed by atoms with Crippen molar-refractivity contribution in [3.05, 3.63) is 51.4 Å². The maximum Gasteiger partial charge on any atom is 0.341 e. The van der Waals surface area contributed by atoms with Crippen molar-refractivity contribution in [1.82, 2.24) is 9.80 Å². The molecule has 166 valence electrons. The number of ether oxygens (including phenoxy) is 1. The highest BCUT2D eigenvalue weighted by atomic mass is 32.1. The molecule has 0 unspecified atom stereocenters. The van der Waals surface area contributed by atoms with Crippen LogP contribution in [0.5, 0.6) is 0 Å². The van der Waals surface area contributed by atoms with Gasteiger partial charge in [-0.15, -0.1) is 11.3 Å². The molecule has 0 bridgehead atoms. The Bertz CT molecular complexity index is 930. The van der Waals surface area contributed by atoms with E-state index in [4.69, 9.17) is 4.74 Å². The lowest BCUT2D eigenvalue weighted by Crippen LogP contribution is -2.48. The van der Waals surface area contributed by atoms with Crippen molar-refractivity contribution in [1.29, 1.82) is 0 Å². The van der Waals surface area contributed by atoms with Crippen molar-refractivity contribution in [3.8, 4) is 0 Å². The lowest BCUT2D eigenvalue weighted by molar-refractivity contribution is -0.117. The highest BCUT2D eigenvalue weighted by Gasteiger charge is 2.27. The summed E-state index contributed by atoms with van der Waals surface area (Å²) in [5, 5.41) is 3.66. The Morgan fingerprint density at radius 2 is 1.71 bits per heavy atom. The zero-order chi connectivity index (χ0) is 21.8. The monoisotopic (exact) mass is 441 g/mol. The van der Waals surface area contributed by atoms with Gasteiger partial charge < -0.3 is 10.1 Å². The molecule has 0 atom stereocenters. The first-order chi connectivity index (χ1) is 15.0. The number of fused-ring (bicyclic) bond motifs is 1. The molecule has 0 radical (unpaired) electrons. The molecule has 2 aliphatic rings. The van der Waals surface area contributed by atoms with Crippen LogP contribution in [0.25, 0.3) is 0 Å². The van der Waals surface area contributed by atoms with Gasteiger partial charge >= 0.3 is 5.97 Å². The maximum absolute atomic E-state index is 12.7. The predicted molar refractivity (Wildman–Crippen MR) is 124 cm³/mol. The molecule has 2 heterocycles. The molecule has 31 heavy (non-hydrogen) atoms. The van der Waals surface area contributed by atoms with Crippen molar-refractivity contribution in [2.45, 2.75) is 39.2 Å². The van der Waals surface area contributed by atoms with Crippen LogP contribution in [0, 0.1) is 6.92 Å². The van der Waals surface area contributed by atoms with E-state index in [9.17, 15) is 9.59 Å². The molecule has 1 amide bonds. The van der Waals surface area contributed by atoms with Gasteiger partial charge in [0, 0.05) is 37.6 Å². The Morgan fingerprint density at radius 3 is 2.42 bits per heavy atom. The number of anilines is 1. The third-order valence-electron chi connectivity index (χ3n) is 6.17. The van der Waals surface area contributed by atoms with Crippen LogP contribution >= 0.6 is 11.3 Å². The average Bonchev–Trinajstić information content (AvgIpc) is 3.13. The van der Waals surface area contributed by atoms with E-state index in [0.717, 1.165) is 64.0 Å². The van der Waals surface area contributed by atoms with Gasteiger partial charge in [0.1, 0.15) is 5.00 Å². The fourth-order valence-electron chi connectivity index (χ4n) is 4.40. The first-order valence-electron chi connectivity index (χ1n) is 11.1. The van der Waals surface area contributed by atoms with Crippen LogP contribution in [-0.2, 0) is 28.9 Å². The molecule has 7 heteroatoms. The summed E-state index contributed by atoms with van der Waals surface area (Å²) in [6.07, 6.45) is 4.07. The summed E-state index contributed by atoms with van der Waals surface area (Å²) < 4.78 is 5.00. The first kappa shape index (κ1) is 22.0. The van der Waals surface area contributed by atoms with E-state index in [2.05, 4.69) is 46.3 Å². The molecule has 1 saturated heterocycles. The van der Waals surface area contributed by atoms with Gasteiger partial charge in [0.15, 0.2) is 0 Å². The molecule has 1 aliphatic heterocycles. The van der Waals surface area contributed by atoms with Crippen LogP contribution in [0.3, 0.4) is 0 Å². The molecular weight excluding hydrogens is 410 g/mol. The zero-order valence-corrected chi connectivity index (χ0v) is 19.2. The molecule has 1 N–H and O–H groups in total. The minimum atomic E-state index is -0.348. The topological polar surface area (TPSA) is 61.9 Å². The number of hydrogen-bond donors (Lipinski definition) is 1. The van der Waals surface area contributed by atoms with Crippen LogP contribution < -0.4 is 5.32 Å². The normalized spacial score (nSPS) is 17.2. The highest BCUT2D eigenvalue weighted by Crippen LogP contribution is 2.38. The molecule has 1 aromatic heterocycles. The summed E-state index contributed by atoms with van der Waals surface area (Å²) >= 11 is 1.54. The molecule has 6 nitrogen and oxygen atoms in total. The van der Waals surface area contributed by atoms with Gasteiger partial charge in [0.2, 0.25) is 5.91 Å². The summed E-state index contributed by atoms with van der Waals surface area (Å²) in [5.41, 5.74) is 4.25. The van der Waals surface area contributed by atoms with Crippen molar-refractivity contribution < 1.29 is 14.3 Å². The molecule has 0 spiro atoms. The number of methoxy groups -OCH3 is 1. The van der Waals surface area contributed by atoms with Gasteiger partial charge in [-0.05, 0) is 43.7 Å². The Kier molecular flexibility index (Phi) is 7.05. The van der Waals surface area contributed by atoms with Gasteiger partial charge in [-0.3, -0.25) is 14.6 Å². The van der Waals surface area contributed by atoms with Gasteiger partial charge in [0.05, 0.1) is 19.2 Å². The van der Waals surface area contributed by atoms with Crippen molar-refractivity contribution in [2.75, 3.05) is 45.2 Å². The third kappa shape index (κ3) is 5.34. The summed E-state index contributed by atoms with van der Waals surface area (Å²) in [6.45, 7) is 7.02. The number of aryl methyl sites for hydroxylation is 2. The summed E-state index contributed by atoms with van der Waals surface area (Å²) in [7, 11) is 1.40. The number of esters is 1. The molecule has 1 aromatic carbocycles. The number of hydrogen-bond acceptors (Lipinski definition) is 6. The van der Waals surface area contributed by atoms with E-state index in [0.29, 0.717) is 17.1 Å². The van der Waals surface area contributed by atoms with E-state index < -0.39 is 0 Å².